The van der Waals surface area contributed by atoms with Crippen molar-refractivity contribution in [2.24, 2.45) is 0 Å². The van der Waals surface area contributed by atoms with Gasteiger partial charge in [-0.1, -0.05) is 0 Å². The van der Waals surface area contributed by atoms with Crippen molar-refractivity contribution in [2.45, 2.75) is 20.8 Å². The van der Waals surface area contributed by atoms with E-state index in [9.17, 15) is 0 Å². The zero-order chi connectivity index (χ0) is 8.12. The summed E-state index contributed by atoms with van der Waals surface area (Å²) in [5.74, 6) is 0. The molecular weight excluding hydrogens is 312 g/mol. The van der Waals surface area contributed by atoms with Gasteiger partial charge in [0.05, 0.1) is 0 Å². The molecule has 3 N–H and O–H groups in total. The minimum Gasteiger partial charge on any atom is -0.397 e. The molecule has 69 valence electrons. The molecule has 0 aliphatic heterocycles. The third kappa shape index (κ3) is 1730. The summed E-state index contributed by atoms with van der Waals surface area (Å²) in [6.07, 6.45) is 0. The van der Waals surface area contributed by atoms with Crippen LogP contribution in [0.1, 0.15) is 20.8 Å². The van der Waals surface area contributed by atoms with E-state index in [0.29, 0.717) is 0 Å². The smallest absolute Gasteiger partial charge is 0.0402 e. The third-order valence-corrected chi connectivity index (χ3v) is 0. The molecular formula is C6H18IrO3. The van der Waals surface area contributed by atoms with Crippen LogP contribution in [0.25, 0.3) is 0 Å². The second-order valence-electron chi connectivity index (χ2n) is 0.949. The van der Waals surface area contributed by atoms with Crippen molar-refractivity contribution in [1.82, 2.24) is 0 Å². The van der Waals surface area contributed by atoms with Crippen LogP contribution >= 0.6 is 0 Å². The summed E-state index contributed by atoms with van der Waals surface area (Å²) >= 11 is 0. The van der Waals surface area contributed by atoms with E-state index in [1.165, 1.54) is 0 Å². The molecule has 0 aliphatic carbocycles. The predicted octanol–water partition coefficient (Wildman–Crippen LogP) is -0.00670. The standard InChI is InChI=1S/3C2H6O.Ir/c3*1-2-3;/h3*3H,2H2,1H3;. The number of rotatable bonds is 0. The Labute approximate surface area is 76.4 Å². The van der Waals surface area contributed by atoms with E-state index in [1.54, 1.807) is 20.8 Å². The first-order valence-electron chi connectivity index (χ1n) is 3.07. The number of hydrogen-bond donors (Lipinski definition) is 3. The average Bonchev–Trinajstić information content (AvgIpc) is 1.70. The Balaban J connectivity index is -0.0000000257. The van der Waals surface area contributed by atoms with Crippen molar-refractivity contribution in [3.05, 3.63) is 0 Å². The summed E-state index contributed by atoms with van der Waals surface area (Å²) < 4.78 is 0. The Bertz CT molecular complexity index is 17.7. The molecule has 3 nitrogen and oxygen atoms in total. The van der Waals surface area contributed by atoms with E-state index < -0.39 is 0 Å². The van der Waals surface area contributed by atoms with Crippen LogP contribution in [-0.4, -0.2) is 35.1 Å². The molecule has 1 radical (unpaired) electrons. The Kier molecular flexibility index (Phi) is 125. The monoisotopic (exact) mass is 331 g/mol. The molecule has 0 amide bonds. The Morgan fingerprint density at radius 2 is 0.700 bits per heavy atom. The first-order valence-corrected chi connectivity index (χ1v) is 3.07. The van der Waals surface area contributed by atoms with Crippen molar-refractivity contribution in [3.63, 3.8) is 0 Å². The maximum atomic E-state index is 7.57. The van der Waals surface area contributed by atoms with E-state index >= 15 is 0 Å². The predicted molar refractivity (Wildman–Crippen MR) is 38.3 cm³/mol. The number of aliphatic hydroxyl groups is 3. The molecule has 0 atom stereocenters. The minimum absolute atomic E-state index is 0. The minimum atomic E-state index is 0. The van der Waals surface area contributed by atoms with Gasteiger partial charge in [-0.3, -0.25) is 0 Å². The van der Waals surface area contributed by atoms with E-state index in [1.807, 2.05) is 0 Å². The van der Waals surface area contributed by atoms with Gasteiger partial charge in [-0.05, 0) is 20.8 Å². The fraction of sp³-hybridized carbons (Fsp3) is 1.00. The molecule has 0 aromatic rings. The van der Waals surface area contributed by atoms with Crippen LogP contribution in [0.5, 0.6) is 0 Å². The van der Waals surface area contributed by atoms with Crippen molar-refractivity contribution >= 4 is 0 Å². The van der Waals surface area contributed by atoms with Crippen molar-refractivity contribution in [2.75, 3.05) is 19.8 Å². The van der Waals surface area contributed by atoms with Crippen LogP contribution in [0.4, 0.5) is 0 Å². The first kappa shape index (κ1) is 22.4. The van der Waals surface area contributed by atoms with E-state index in [-0.39, 0.29) is 39.9 Å². The second kappa shape index (κ2) is 55.7. The molecule has 0 aromatic carbocycles. The molecule has 0 saturated heterocycles. The van der Waals surface area contributed by atoms with Crippen molar-refractivity contribution in [1.29, 1.82) is 0 Å². The van der Waals surface area contributed by atoms with Crippen LogP contribution in [0.2, 0.25) is 0 Å². The van der Waals surface area contributed by atoms with E-state index in [0.717, 1.165) is 0 Å². The molecule has 10 heavy (non-hydrogen) atoms. The molecule has 4 heteroatoms. The van der Waals surface area contributed by atoms with Gasteiger partial charge in [0, 0.05) is 39.9 Å². The molecule has 0 aliphatic rings. The molecule has 0 fully saturated rings. The third-order valence-electron chi connectivity index (χ3n) is 0. The normalized spacial score (nSPS) is 5.40. The van der Waals surface area contributed by atoms with Crippen LogP contribution in [0.3, 0.4) is 0 Å². The van der Waals surface area contributed by atoms with Gasteiger partial charge in [0.25, 0.3) is 0 Å². The largest absolute Gasteiger partial charge is 0.397 e. The summed E-state index contributed by atoms with van der Waals surface area (Å²) in [6, 6.07) is 0. The van der Waals surface area contributed by atoms with Crippen LogP contribution in [-0.2, 0) is 20.1 Å². The maximum absolute atomic E-state index is 7.57. The van der Waals surface area contributed by atoms with Gasteiger partial charge in [0.1, 0.15) is 0 Å². The topological polar surface area (TPSA) is 60.7 Å². The summed E-state index contributed by atoms with van der Waals surface area (Å²) in [6.45, 7) is 5.79. The Morgan fingerprint density at radius 1 is 0.700 bits per heavy atom. The molecule has 0 spiro atoms. The van der Waals surface area contributed by atoms with Crippen molar-refractivity contribution < 1.29 is 35.4 Å². The van der Waals surface area contributed by atoms with Crippen LogP contribution in [0, 0.1) is 0 Å². The van der Waals surface area contributed by atoms with Gasteiger partial charge in [-0.15, -0.1) is 0 Å². The molecule has 0 bridgehead atoms. The maximum Gasteiger partial charge on any atom is 0.0402 e. The summed E-state index contributed by atoms with van der Waals surface area (Å²) in [5.41, 5.74) is 0. The zero-order valence-corrected chi connectivity index (χ0v) is 9.19. The number of hydrogen-bond acceptors (Lipinski definition) is 3. The second-order valence-corrected chi connectivity index (χ2v) is 0.949. The first-order chi connectivity index (χ1) is 4.24. The van der Waals surface area contributed by atoms with Gasteiger partial charge in [0.2, 0.25) is 0 Å². The summed E-state index contributed by atoms with van der Waals surface area (Å²) in [4.78, 5) is 0. The van der Waals surface area contributed by atoms with Gasteiger partial charge >= 0.3 is 0 Å². The summed E-state index contributed by atoms with van der Waals surface area (Å²) in [5, 5.41) is 22.7. The van der Waals surface area contributed by atoms with Crippen LogP contribution in [0.15, 0.2) is 0 Å². The van der Waals surface area contributed by atoms with Gasteiger partial charge in [-0.2, -0.15) is 0 Å². The van der Waals surface area contributed by atoms with Crippen LogP contribution < -0.4 is 0 Å². The average molecular weight is 330 g/mol. The van der Waals surface area contributed by atoms with Gasteiger partial charge in [0.15, 0.2) is 0 Å². The number of aliphatic hydroxyl groups excluding tert-OH is 3. The summed E-state index contributed by atoms with van der Waals surface area (Å²) in [7, 11) is 0. The Morgan fingerprint density at radius 3 is 0.700 bits per heavy atom. The van der Waals surface area contributed by atoms with Crippen molar-refractivity contribution in [3.8, 4) is 0 Å². The van der Waals surface area contributed by atoms with E-state index in [4.69, 9.17) is 15.3 Å². The van der Waals surface area contributed by atoms with Gasteiger partial charge < -0.3 is 15.3 Å². The van der Waals surface area contributed by atoms with E-state index in [2.05, 4.69) is 0 Å². The Hall–Kier alpha value is 0.529. The quantitative estimate of drug-likeness (QED) is 0.586. The molecule has 0 unspecified atom stereocenters. The fourth-order valence-corrected chi connectivity index (χ4v) is 0. The SMILES string of the molecule is CCO.CCO.CCO.[Ir]. The molecule has 0 saturated carbocycles. The molecule has 0 aromatic heterocycles. The van der Waals surface area contributed by atoms with Gasteiger partial charge in [-0.25, -0.2) is 0 Å². The molecule has 0 heterocycles. The fourth-order valence-electron chi connectivity index (χ4n) is 0. The zero-order valence-electron chi connectivity index (χ0n) is 6.80. The molecule has 0 rings (SSSR count).